The average Bonchev–Trinajstić information content (AvgIpc) is 2.04. The summed E-state index contributed by atoms with van der Waals surface area (Å²) >= 11 is 2.04. The molecule has 12 heavy (non-hydrogen) atoms. The van der Waals surface area contributed by atoms with E-state index in [1.54, 1.807) is 10.2 Å². The fourth-order valence-electron chi connectivity index (χ4n) is 0.738. The van der Waals surface area contributed by atoms with Gasteiger partial charge in [0, 0.05) is 6.42 Å². The van der Waals surface area contributed by atoms with Crippen LogP contribution in [-0.2, 0) is 9.53 Å². The average molecular weight is 284 g/mol. The summed E-state index contributed by atoms with van der Waals surface area (Å²) in [7, 11) is 1.36. The summed E-state index contributed by atoms with van der Waals surface area (Å²) in [5, 5.41) is 9.19. The van der Waals surface area contributed by atoms with Gasteiger partial charge in [-0.1, -0.05) is 28.7 Å². The number of esters is 1. The number of halogens is 1. The molecule has 0 aromatic rings. The highest BCUT2D eigenvalue weighted by atomic mass is 127. The lowest BCUT2D eigenvalue weighted by atomic mass is 10.1. The maximum atomic E-state index is 10.6. The fourth-order valence-corrected chi connectivity index (χ4v) is 1.22. The monoisotopic (exact) mass is 284 g/mol. The molecule has 0 heterocycles. The van der Waals surface area contributed by atoms with Crippen LogP contribution in [0.15, 0.2) is 10.2 Å². The molecule has 0 aliphatic rings. The second kappa shape index (κ2) is 7.54. The van der Waals surface area contributed by atoms with Crippen molar-refractivity contribution in [1.29, 1.82) is 0 Å². The quantitative estimate of drug-likeness (QED) is 0.616. The van der Waals surface area contributed by atoms with Crippen molar-refractivity contribution in [1.82, 2.24) is 0 Å². The Morgan fingerprint density at radius 3 is 2.92 bits per heavy atom. The number of carbonyl (C=O) groups is 1. The summed E-state index contributed by atoms with van der Waals surface area (Å²) in [6, 6.07) is 0. The van der Waals surface area contributed by atoms with Crippen LogP contribution < -0.4 is 0 Å². The molecule has 0 saturated carbocycles. The standard InChI is InChI=1S/C8H13IO3/c1-12-8(11)4-2-3-7(10)5-6-9/h5-7,10H,2-4H2,1H3/b6-5+. The molecular weight excluding hydrogens is 271 g/mol. The molecule has 0 aliphatic heterocycles. The number of methoxy groups -OCH3 is 1. The van der Waals surface area contributed by atoms with Gasteiger partial charge in [-0.3, -0.25) is 4.79 Å². The van der Waals surface area contributed by atoms with Crippen LogP contribution in [-0.4, -0.2) is 24.3 Å². The van der Waals surface area contributed by atoms with E-state index in [-0.39, 0.29) is 5.97 Å². The van der Waals surface area contributed by atoms with Gasteiger partial charge in [-0.2, -0.15) is 0 Å². The zero-order chi connectivity index (χ0) is 9.40. The maximum absolute atomic E-state index is 10.6. The number of rotatable bonds is 5. The Labute approximate surface area is 85.9 Å². The first-order valence-corrected chi connectivity index (χ1v) is 4.97. The van der Waals surface area contributed by atoms with Gasteiger partial charge in [0.2, 0.25) is 0 Å². The van der Waals surface area contributed by atoms with Crippen LogP contribution >= 0.6 is 22.6 Å². The van der Waals surface area contributed by atoms with Crippen LogP contribution in [0, 0.1) is 0 Å². The van der Waals surface area contributed by atoms with Gasteiger partial charge in [0.25, 0.3) is 0 Å². The van der Waals surface area contributed by atoms with E-state index in [2.05, 4.69) is 4.74 Å². The summed E-state index contributed by atoms with van der Waals surface area (Å²) in [5.74, 6) is -0.222. The van der Waals surface area contributed by atoms with Gasteiger partial charge in [-0.05, 0) is 16.9 Å². The molecule has 0 aromatic heterocycles. The summed E-state index contributed by atoms with van der Waals surface area (Å²) < 4.78 is 6.22. The molecule has 0 radical (unpaired) electrons. The van der Waals surface area contributed by atoms with Gasteiger partial charge < -0.3 is 9.84 Å². The predicted octanol–water partition coefficient (Wildman–Crippen LogP) is 1.64. The highest BCUT2D eigenvalue weighted by Crippen LogP contribution is 2.03. The molecule has 4 heteroatoms. The molecule has 1 N–H and O–H groups in total. The molecule has 1 atom stereocenters. The minimum Gasteiger partial charge on any atom is -0.469 e. The summed E-state index contributed by atoms with van der Waals surface area (Å²) in [5.41, 5.74) is 0. The van der Waals surface area contributed by atoms with Crippen LogP contribution in [0.4, 0.5) is 0 Å². The first kappa shape index (κ1) is 11.9. The molecule has 0 rings (SSSR count). The molecule has 0 bridgehead atoms. The van der Waals surface area contributed by atoms with Crippen molar-refractivity contribution in [3.63, 3.8) is 0 Å². The third kappa shape index (κ3) is 6.60. The molecule has 0 saturated heterocycles. The Morgan fingerprint density at radius 1 is 1.75 bits per heavy atom. The number of carbonyl (C=O) groups excluding carboxylic acids is 1. The lowest BCUT2D eigenvalue weighted by molar-refractivity contribution is -0.140. The first-order chi connectivity index (χ1) is 5.70. The zero-order valence-electron chi connectivity index (χ0n) is 7.00. The SMILES string of the molecule is COC(=O)CCCC(O)/C=C/I. The normalized spacial score (nSPS) is 13.2. The van der Waals surface area contributed by atoms with E-state index in [0.717, 1.165) is 0 Å². The molecule has 0 aromatic carbocycles. The Balaban J connectivity index is 3.36. The Hall–Kier alpha value is -0.100. The van der Waals surface area contributed by atoms with E-state index in [1.807, 2.05) is 22.6 Å². The minimum absolute atomic E-state index is 0.222. The maximum Gasteiger partial charge on any atom is 0.305 e. The molecule has 70 valence electrons. The largest absolute Gasteiger partial charge is 0.469 e. The van der Waals surface area contributed by atoms with Crippen LogP contribution in [0.3, 0.4) is 0 Å². The number of hydrogen-bond acceptors (Lipinski definition) is 3. The van der Waals surface area contributed by atoms with Gasteiger partial charge in [-0.25, -0.2) is 0 Å². The van der Waals surface area contributed by atoms with E-state index in [1.165, 1.54) is 7.11 Å². The lowest BCUT2D eigenvalue weighted by Crippen LogP contribution is -2.05. The molecule has 0 fully saturated rings. The first-order valence-electron chi connectivity index (χ1n) is 3.72. The van der Waals surface area contributed by atoms with E-state index in [9.17, 15) is 9.90 Å². The predicted molar refractivity (Wildman–Crippen MR) is 55.0 cm³/mol. The van der Waals surface area contributed by atoms with Gasteiger partial charge in [0.05, 0.1) is 13.2 Å². The summed E-state index contributed by atoms with van der Waals surface area (Å²) in [4.78, 5) is 10.6. The summed E-state index contributed by atoms with van der Waals surface area (Å²) in [6.07, 6.45) is 2.90. The Bertz CT molecular complexity index is 156. The van der Waals surface area contributed by atoms with Crippen molar-refractivity contribution in [3.05, 3.63) is 10.2 Å². The molecule has 0 aliphatic carbocycles. The van der Waals surface area contributed by atoms with Crippen LogP contribution in [0.5, 0.6) is 0 Å². The zero-order valence-corrected chi connectivity index (χ0v) is 9.15. The van der Waals surface area contributed by atoms with Crippen LogP contribution in [0.2, 0.25) is 0 Å². The van der Waals surface area contributed by atoms with Crippen molar-refractivity contribution in [2.45, 2.75) is 25.4 Å². The molecule has 0 spiro atoms. The molecule has 1 unspecified atom stereocenters. The fraction of sp³-hybridized carbons (Fsp3) is 0.625. The van der Waals surface area contributed by atoms with E-state index in [0.29, 0.717) is 19.3 Å². The van der Waals surface area contributed by atoms with E-state index >= 15 is 0 Å². The molecular formula is C8H13IO3. The number of aliphatic hydroxyl groups is 1. The Morgan fingerprint density at radius 2 is 2.42 bits per heavy atom. The van der Waals surface area contributed by atoms with Crippen molar-refractivity contribution < 1.29 is 14.6 Å². The van der Waals surface area contributed by atoms with Crippen molar-refractivity contribution in [3.8, 4) is 0 Å². The molecule has 3 nitrogen and oxygen atoms in total. The van der Waals surface area contributed by atoms with Crippen LogP contribution in [0.1, 0.15) is 19.3 Å². The van der Waals surface area contributed by atoms with Gasteiger partial charge in [0.15, 0.2) is 0 Å². The van der Waals surface area contributed by atoms with Crippen molar-refractivity contribution >= 4 is 28.6 Å². The highest BCUT2D eigenvalue weighted by Gasteiger charge is 2.02. The van der Waals surface area contributed by atoms with Crippen molar-refractivity contribution in [2.24, 2.45) is 0 Å². The highest BCUT2D eigenvalue weighted by molar-refractivity contribution is 14.1. The van der Waals surface area contributed by atoms with Crippen molar-refractivity contribution in [2.75, 3.05) is 7.11 Å². The summed E-state index contributed by atoms with van der Waals surface area (Å²) in [6.45, 7) is 0. The Kier molecular flexibility index (Phi) is 7.48. The second-order valence-electron chi connectivity index (χ2n) is 2.35. The lowest BCUT2D eigenvalue weighted by Gasteiger charge is -2.03. The van der Waals surface area contributed by atoms with Crippen LogP contribution in [0.25, 0.3) is 0 Å². The topological polar surface area (TPSA) is 46.5 Å². The van der Waals surface area contributed by atoms with E-state index < -0.39 is 6.10 Å². The third-order valence-corrected chi connectivity index (χ3v) is 1.82. The van der Waals surface area contributed by atoms with E-state index in [4.69, 9.17) is 0 Å². The smallest absolute Gasteiger partial charge is 0.305 e. The van der Waals surface area contributed by atoms with Gasteiger partial charge in [-0.15, -0.1) is 0 Å². The minimum atomic E-state index is -0.438. The number of hydrogen-bond donors (Lipinski definition) is 1. The number of ether oxygens (including phenoxy) is 1. The number of aliphatic hydroxyl groups excluding tert-OH is 1. The second-order valence-corrected chi connectivity index (χ2v) is 3.07. The van der Waals surface area contributed by atoms with Gasteiger partial charge >= 0.3 is 5.97 Å². The molecule has 0 amide bonds. The van der Waals surface area contributed by atoms with Gasteiger partial charge in [0.1, 0.15) is 0 Å². The third-order valence-electron chi connectivity index (χ3n) is 1.40.